The molecule has 3 heterocycles. The smallest absolute Gasteiger partial charge is 0.296 e. The van der Waals surface area contributed by atoms with Crippen LogP contribution in [0, 0.1) is 11.8 Å². The van der Waals surface area contributed by atoms with Crippen molar-refractivity contribution in [1.82, 2.24) is 51.0 Å². The summed E-state index contributed by atoms with van der Waals surface area (Å²) in [6.45, 7) is 7.67. The van der Waals surface area contributed by atoms with Crippen molar-refractivity contribution in [3.8, 4) is 6.01 Å². The molecule has 1 aliphatic heterocycles. The number of hydrogen-bond acceptors (Lipinski definition) is 15. The van der Waals surface area contributed by atoms with Gasteiger partial charge in [0.05, 0.1) is 24.1 Å². The number of nitrogens with two attached hydrogens (primary N) is 2. The molecule has 11 N–H and O–H groups in total. The number of likely N-dealkylation sites (tertiary alicyclic amines) is 1. The van der Waals surface area contributed by atoms with Gasteiger partial charge in [-0.15, -0.1) is 11.8 Å². The van der Waals surface area contributed by atoms with E-state index in [2.05, 4.69) is 53.8 Å². The molecule has 0 bridgehead atoms. The lowest BCUT2D eigenvalue weighted by molar-refractivity contribution is -0.139. The van der Waals surface area contributed by atoms with E-state index < -0.39 is 11.2 Å². The summed E-state index contributed by atoms with van der Waals surface area (Å²) in [5, 5.41) is 28.5. The highest BCUT2D eigenvalue weighted by molar-refractivity contribution is 8.01. The van der Waals surface area contributed by atoms with Gasteiger partial charge in [-0.1, -0.05) is 25.5 Å². The van der Waals surface area contributed by atoms with Gasteiger partial charge in [0.15, 0.2) is 17.0 Å². The van der Waals surface area contributed by atoms with Gasteiger partial charge in [-0.25, -0.2) is 0 Å². The van der Waals surface area contributed by atoms with E-state index in [0.29, 0.717) is 48.9 Å². The van der Waals surface area contributed by atoms with Gasteiger partial charge in [-0.05, 0) is 108 Å². The highest BCUT2D eigenvalue weighted by Gasteiger charge is 2.40. The fourth-order valence-corrected chi connectivity index (χ4v) is 8.56. The number of nitrogens with one attached hydrogen (secondary N) is 6. The lowest BCUT2D eigenvalue weighted by Gasteiger charge is -2.30. The zero-order valence-corrected chi connectivity index (χ0v) is 37.6. The number of imidazole rings is 1. The maximum atomic E-state index is 12.7. The number of nitrogens with zero attached hydrogens (tertiary/aromatic N) is 5. The number of aromatic nitrogens is 4. The minimum atomic E-state index is -0.538. The Morgan fingerprint density at radius 1 is 0.828 bits per heavy atom. The summed E-state index contributed by atoms with van der Waals surface area (Å²) in [5.74, 6) is -0.847. The van der Waals surface area contributed by atoms with E-state index >= 15 is 0 Å². The molecular weight excluding hydrogens is 843 g/mol. The SMILES string of the molecule is CCCCNc1nc(N)c2nc(O)n(Cc3ccc(C(=O)NCC(=O)NCCCNCCCCNCCCNC(=O)C4CCC(CN5C(=O)CC(SCC(N)=O)C5=O)CC4)cc3)c2n1. The summed E-state index contributed by atoms with van der Waals surface area (Å²) in [4.78, 5) is 88.1. The van der Waals surface area contributed by atoms with Crippen LogP contribution in [0.2, 0.25) is 0 Å². The second kappa shape index (κ2) is 25.7. The van der Waals surface area contributed by atoms with Crippen molar-refractivity contribution in [1.29, 1.82) is 0 Å². The van der Waals surface area contributed by atoms with Crippen molar-refractivity contribution >= 4 is 70.1 Å². The van der Waals surface area contributed by atoms with Crippen molar-refractivity contribution in [3.63, 3.8) is 0 Å². The summed E-state index contributed by atoms with van der Waals surface area (Å²) >= 11 is 1.12. The largest absolute Gasteiger partial charge is 0.480 e. The van der Waals surface area contributed by atoms with E-state index in [4.69, 9.17) is 11.5 Å². The number of thioether (sulfide) groups is 1. The van der Waals surface area contributed by atoms with Gasteiger partial charge < -0.3 is 48.5 Å². The molecule has 0 spiro atoms. The van der Waals surface area contributed by atoms with Crippen LogP contribution in [0.1, 0.15) is 93.5 Å². The zero-order chi connectivity index (χ0) is 45.8. The fourth-order valence-electron chi connectivity index (χ4n) is 7.66. The van der Waals surface area contributed by atoms with Gasteiger partial charge in [0.1, 0.15) is 0 Å². The van der Waals surface area contributed by atoms with Crippen molar-refractivity contribution in [2.24, 2.45) is 17.6 Å². The highest BCUT2D eigenvalue weighted by atomic mass is 32.2. The first-order valence-corrected chi connectivity index (χ1v) is 23.5. The van der Waals surface area contributed by atoms with Gasteiger partial charge in [0.2, 0.25) is 35.5 Å². The third-order valence-electron chi connectivity index (χ3n) is 11.3. The molecular formula is C43H65N13O7S. The monoisotopic (exact) mass is 907 g/mol. The predicted molar refractivity (Wildman–Crippen MR) is 245 cm³/mol. The second-order valence-electron chi connectivity index (χ2n) is 16.3. The van der Waals surface area contributed by atoms with Crippen LogP contribution in [0.5, 0.6) is 6.01 Å². The van der Waals surface area contributed by atoms with E-state index in [1.807, 2.05) is 0 Å². The average molecular weight is 908 g/mol. The molecule has 3 aromatic rings. The van der Waals surface area contributed by atoms with Gasteiger partial charge in [-0.3, -0.25) is 38.2 Å². The number of amides is 6. The third-order valence-corrected chi connectivity index (χ3v) is 12.5. The molecule has 2 aliphatic rings. The Bertz CT molecular complexity index is 2040. The Balaban J connectivity index is 0.828. The van der Waals surface area contributed by atoms with Crippen LogP contribution in [0.25, 0.3) is 11.2 Å². The molecule has 350 valence electrons. The molecule has 20 nitrogen and oxygen atoms in total. The van der Waals surface area contributed by atoms with Crippen molar-refractivity contribution in [2.75, 3.05) is 75.7 Å². The number of nitrogen functional groups attached to an aromatic ring is 1. The van der Waals surface area contributed by atoms with E-state index in [1.165, 1.54) is 9.47 Å². The van der Waals surface area contributed by atoms with Crippen molar-refractivity contribution in [3.05, 3.63) is 35.4 Å². The number of aromatic hydroxyl groups is 1. The molecule has 1 aliphatic carbocycles. The van der Waals surface area contributed by atoms with Crippen LogP contribution in [0.15, 0.2) is 24.3 Å². The minimum Gasteiger partial charge on any atom is -0.480 e. The topological polar surface area (TPSA) is 294 Å². The van der Waals surface area contributed by atoms with Crippen LogP contribution in [-0.4, -0.2) is 135 Å². The van der Waals surface area contributed by atoms with Crippen LogP contribution in [-0.2, 0) is 30.5 Å². The molecule has 1 aromatic carbocycles. The summed E-state index contributed by atoms with van der Waals surface area (Å²) in [6, 6.07) is 6.58. The molecule has 1 saturated heterocycles. The maximum Gasteiger partial charge on any atom is 0.296 e. The molecule has 64 heavy (non-hydrogen) atoms. The number of primary amides is 1. The number of imide groups is 1. The average Bonchev–Trinajstić information content (AvgIpc) is 3.74. The Morgan fingerprint density at radius 2 is 1.50 bits per heavy atom. The van der Waals surface area contributed by atoms with Gasteiger partial charge in [0, 0.05) is 44.1 Å². The van der Waals surface area contributed by atoms with Crippen molar-refractivity contribution < 1.29 is 33.9 Å². The Kier molecular flexibility index (Phi) is 19.8. The Labute approximate surface area is 378 Å². The van der Waals surface area contributed by atoms with E-state index in [9.17, 15) is 33.9 Å². The van der Waals surface area contributed by atoms with Crippen LogP contribution in [0.4, 0.5) is 11.8 Å². The second-order valence-corrected chi connectivity index (χ2v) is 17.5. The van der Waals surface area contributed by atoms with Crippen LogP contribution in [0.3, 0.4) is 0 Å². The first-order chi connectivity index (χ1) is 30.9. The van der Waals surface area contributed by atoms with Crippen LogP contribution < -0.4 is 43.4 Å². The fraction of sp³-hybridized carbons (Fsp3) is 0.605. The number of fused-ring (bicyclic) bond motifs is 1. The minimum absolute atomic E-state index is 0.0178. The quantitative estimate of drug-likeness (QED) is 0.0366. The summed E-state index contributed by atoms with van der Waals surface area (Å²) < 4.78 is 1.53. The number of anilines is 2. The molecule has 0 radical (unpaired) electrons. The number of carbonyl (C=O) groups is 6. The maximum absolute atomic E-state index is 12.7. The first-order valence-electron chi connectivity index (χ1n) is 22.5. The van der Waals surface area contributed by atoms with Gasteiger partial charge >= 0.3 is 0 Å². The first kappa shape index (κ1) is 49.5. The lowest BCUT2D eigenvalue weighted by Crippen LogP contribution is -2.39. The molecule has 2 fully saturated rings. The van der Waals surface area contributed by atoms with E-state index in [0.717, 1.165) is 108 Å². The summed E-state index contributed by atoms with van der Waals surface area (Å²) in [5.41, 5.74) is 13.2. The number of hydrogen-bond donors (Lipinski definition) is 9. The third kappa shape index (κ3) is 15.3. The number of unbranched alkanes of at least 4 members (excludes halogenated alkanes) is 2. The van der Waals surface area contributed by atoms with Crippen LogP contribution >= 0.6 is 11.8 Å². The highest BCUT2D eigenvalue weighted by Crippen LogP contribution is 2.32. The van der Waals surface area contributed by atoms with Gasteiger partial charge in [0.25, 0.3) is 11.9 Å². The molecule has 6 amide bonds. The van der Waals surface area contributed by atoms with Gasteiger partial charge in [-0.2, -0.15) is 15.0 Å². The number of carbonyl (C=O) groups excluding carboxylic acids is 6. The predicted octanol–water partition coefficient (Wildman–Crippen LogP) is 1.23. The molecule has 5 rings (SSSR count). The lowest BCUT2D eigenvalue weighted by atomic mass is 9.81. The van der Waals surface area contributed by atoms with Crippen molar-refractivity contribution in [2.45, 2.75) is 89.3 Å². The van der Waals surface area contributed by atoms with E-state index in [1.54, 1.807) is 24.3 Å². The Morgan fingerprint density at radius 3 is 2.17 bits per heavy atom. The molecule has 1 atom stereocenters. The molecule has 21 heteroatoms. The number of benzene rings is 1. The summed E-state index contributed by atoms with van der Waals surface area (Å²) in [7, 11) is 0. The molecule has 1 saturated carbocycles. The molecule has 2 aromatic heterocycles. The number of rotatable bonds is 28. The molecule has 1 unspecified atom stereocenters. The van der Waals surface area contributed by atoms with E-state index in [-0.39, 0.29) is 78.5 Å². The zero-order valence-electron chi connectivity index (χ0n) is 36.8. The Hall–Kier alpha value is -5.54. The summed E-state index contributed by atoms with van der Waals surface area (Å²) in [6.07, 6.45) is 8.72. The standard InChI is InChI=1S/C43H65N13O7S/c1-2-3-20-50-42-53-37(45)36-38(54-42)56(43(63)52-36)26-29-10-14-31(15-11-29)40(61)51-24-34(58)48-21-6-18-46-16-4-5-17-47-19-7-22-49-39(60)30-12-8-28(9-13-30)25-55-35(59)23-32(41(55)62)64-27-33(44)57/h10-11,14-15,28,30,32,46-47H,2-9,12-13,16-27H2,1H3,(H2,44,57)(H,48,58)(H,49,60)(H,51,61)(H,52,63)(H3,45,50,53,54). The normalized spacial score (nSPS) is 17.5.